The first kappa shape index (κ1) is 26.9. The van der Waals surface area contributed by atoms with E-state index >= 15 is 0 Å². The van der Waals surface area contributed by atoms with Crippen LogP contribution in [-0.4, -0.2) is 40.7 Å². The van der Waals surface area contributed by atoms with Crippen molar-refractivity contribution in [1.82, 2.24) is 9.80 Å². The van der Waals surface area contributed by atoms with Crippen molar-refractivity contribution in [3.63, 3.8) is 0 Å². The molecular formula is C34H36N2O2S. The summed E-state index contributed by atoms with van der Waals surface area (Å²) >= 11 is 1.77. The van der Waals surface area contributed by atoms with Gasteiger partial charge in [0.2, 0.25) is 11.8 Å². The minimum absolute atomic E-state index is 0.00590. The highest BCUT2D eigenvalue weighted by Crippen LogP contribution is 2.39. The van der Waals surface area contributed by atoms with Crippen LogP contribution in [0.25, 0.3) is 0 Å². The second-order valence-electron chi connectivity index (χ2n) is 10.4. The van der Waals surface area contributed by atoms with Crippen molar-refractivity contribution in [1.29, 1.82) is 0 Å². The number of amides is 2. The second-order valence-corrected chi connectivity index (χ2v) is 11.4. The molecule has 0 radical (unpaired) electrons. The Morgan fingerprint density at radius 1 is 0.897 bits per heavy atom. The van der Waals surface area contributed by atoms with E-state index in [1.165, 1.54) is 16.0 Å². The van der Waals surface area contributed by atoms with Gasteiger partial charge in [0.1, 0.15) is 6.54 Å². The maximum Gasteiger partial charge on any atom is 0.243 e. The summed E-state index contributed by atoms with van der Waals surface area (Å²) in [6.07, 6.45) is 1.61. The summed E-state index contributed by atoms with van der Waals surface area (Å²) in [5.74, 6) is -0.504. The molecule has 1 aliphatic rings. The Kier molecular flexibility index (Phi) is 8.27. The van der Waals surface area contributed by atoms with Crippen molar-refractivity contribution in [2.75, 3.05) is 13.1 Å². The molecule has 39 heavy (non-hydrogen) atoms. The molecule has 4 nitrogen and oxygen atoms in total. The van der Waals surface area contributed by atoms with Gasteiger partial charge in [0.15, 0.2) is 0 Å². The fourth-order valence-electron chi connectivity index (χ4n) is 5.66. The minimum Gasteiger partial charge on any atom is -0.330 e. The predicted molar refractivity (Wildman–Crippen MR) is 159 cm³/mol. The molecule has 0 aliphatic carbocycles. The molecule has 0 saturated carbocycles. The van der Waals surface area contributed by atoms with E-state index < -0.39 is 5.92 Å². The monoisotopic (exact) mass is 536 g/mol. The van der Waals surface area contributed by atoms with Crippen LogP contribution < -0.4 is 0 Å². The second kappa shape index (κ2) is 12.0. The minimum atomic E-state index is -0.466. The molecule has 0 spiro atoms. The van der Waals surface area contributed by atoms with Crippen LogP contribution in [0.1, 0.15) is 64.9 Å². The fraction of sp³-hybridized carbons (Fsp3) is 0.294. The molecule has 2 heterocycles. The molecule has 200 valence electrons. The zero-order chi connectivity index (χ0) is 27.4. The van der Waals surface area contributed by atoms with Crippen LogP contribution >= 0.6 is 11.3 Å². The van der Waals surface area contributed by atoms with E-state index in [9.17, 15) is 9.59 Å². The fourth-order valence-corrected chi connectivity index (χ4v) is 6.56. The summed E-state index contributed by atoms with van der Waals surface area (Å²) in [5, 5.41) is 2.13. The number of thiophene rings is 1. The maximum atomic E-state index is 14.4. The van der Waals surface area contributed by atoms with Crippen molar-refractivity contribution in [3.8, 4) is 0 Å². The highest BCUT2D eigenvalue weighted by atomic mass is 32.1. The lowest BCUT2D eigenvalue weighted by molar-refractivity contribution is -0.143. The Morgan fingerprint density at radius 3 is 2.13 bits per heavy atom. The smallest absolute Gasteiger partial charge is 0.243 e. The molecule has 0 bridgehead atoms. The Morgan fingerprint density at radius 2 is 1.51 bits per heavy atom. The number of nitrogens with zero attached hydrogens (tertiary/aromatic N) is 2. The molecule has 4 aromatic rings. The number of carbonyl (C=O) groups excluding carboxylic acids is 2. The van der Waals surface area contributed by atoms with Crippen LogP contribution in [0, 0.1) is 6.92 Å². The Hall–Kier alpha value is -3.70. The average Bonchev–Trinajstić information content (AvgIpc) is 3.46. The SMILES string of the molecule is CC[C@H](C)N(CC(=O)N1CCc2sccc2[C@H]1c1ccccc1C)C(=O)C(c1ccccc1)c1ccccc1. The number of rotatable bonds is 8. The third kappa shape index (κ3) is 5.55. The van der Waals surface area contributed by atoms with Crippen LogP contribution in [-0.2, 0) is 16.0 Å². The Bertz CT molecular complexity index is 1380. The van der Waals surface area contributed by atoms with E-state index in [1.54, 1.807) is 11.3 Å². The van der Waals surface area contributed by atoms with Gasteiger partial charge in [-0.15, -0.1) is 11.3 Å². The van der Waals surface area contributed by atoms with E-state index in [0.717, 1.165) is 29.5 Å². The lowest BCUT2D eigenvalue weighted by Gasteiger charge is -2.39. The molecule has 0 N–H and O–H groups in total. The number of fused-ring (bicyclic) bond motifs is 1. The lowest BCUT2D eigenvalue weighted by atomic mass is 9.89. The van der Waals surface area contributed by atoms with Gasteiger partial charge in [-0.05, 0) is 66.0 Å². The van der Waals surface area contributed by atoms with Gasteiger partial charge in [-0.3, -0.25) is 9.59 Å². The normalized spacial score (nSPS) is 15.6. The van der Waals surface area contributed by atoms with Crippen molar-refractivity contribution in [2.24, 2.45) is 0 Å². The van der Waals surface area contributed by atoms with Gasteiger partial charge in [0, 0.05) is 17.5 Å². The van der Waals surface area contributed by atoms with Crippen LogP contribution in [0.15, 0.2) is 96.4 Å². The van der Waals surface area contributed by atoms with Gasteiger partial charge < -0.3 is 9.80 Å². The molecule has 2 amide bonds. The molecule has 1 aromatic heterocycles. The van der Waals surface area contributed by atoms with Crippen molar-refractivity contribution >= 4 is 23.2 Å². The largest absolute Gasteiger partial charge is 0.330 e. The van der Waals surface area contributed by atoms with Gasteiger partial charge >= 0.3 is 0 Å². The Balaban J connectivity index is 1.49. The first-order valence-corrected chi connectivity index (χ1v) is 14.7. The molecule has 5 heteroatoms. The number of hydrogen-bond acceptors (Lipinski definition) is 3. The topological polar surface area (TPSA) is 40.6 Å². The summed E-state index contributed by atoms with van der Waals surface area (Å²) in [7, 11) is 0. The molecule has 0 unspecified atom stereocenters. The van der Waals surface area contributed by atoms with Crippen molar-refractivity contribution < 1.29 is 9.59 Å². The van der Waals surface area contributed by atoms with Gasteiger partial charge in [0.05, 0.1) is 12.0 Å². The van der Waals surface area contributed by atoms with E-state index in [4.69, 9.17) is 0 Å². The molecule has 0 fully saturated rings. The van der Waals surface area contributed by atoms with Gasteiger partial charge in [-0.25, -0.2) is 0 Å². The molecule has 0 saturated heterocycles. The van der Waals surface area contributed by atoms with Crippen LogP contribution in [0.4, 0.5) is 0 Å². The number of aryl methyl sites for hydroxylation is 1. The van der Waals surface area contributed by atoms with E-state index in [0.29, 0.717) is 6.54 Å². The maximum absolute atomic E-state index is 14.4. The standard InChI is InChI=1S/C34H36N2O2S/c1-4-25(3)36(34(38)32(26-14-7-5-8-15-26)27-16-9-6-10-17-27)23-31(37)35-21-19-30-29(20-22-39-30)33(35)28-18-12-11-13-24(28)2/h5-18,20,22,25,32-33H,4,19,21,23H2,1-3H3/t25-,33+/m0/s1. The lowest BCUT2D eigenvalue weighted by Crippen LogP contribution is -2.50. The van der Waals surface area contributed by atoms with Crippen LogP contribution in [0.5, 0.6) is 0 Å². The highest BCUT2D eigenvalue weighted by molar-refractivity contribution is 7.10. The Labute approximate surface area is 235 Å². The molecule has 3 aromatic carbocycles. The average molecular weight is 537 g/mol. The number of benzene rings is 3. The zero-order valence-electron chi connectivity index (χ0n) is 22.9. The van der Waals surface area contributed by atoms with E-state index in [1.807, 2.05) is 89.5 Å². The molecule has 1 aliphatic heterocycles. The van der Waals surface area contributed by atoms with Crippen LogP contribution in [0.3, 0.4) is 0 Å². The first-order valence-electron chi connectivity index (χ1n) is 13.8. The first-order chi connectivity index (χ1) is 19.0. The molecular weight excluding hydrogens is 500 g/mol. The van der Waals surface area contributed by atoms with Gasteiger partial charge in [-0.1, -0.05) is 91.9 Å². The summed E-state index contributed by atoms with van der Waals surface area (Å²) in [6, 6.07) is 30.1. The quantitative estimate of drug-likeness (QED) is 0.244. The van der Waals surface area contributed by atoms with Gasteiger partial charge in [-0.2, -0.15) is 0 Å². The molecule has 5 rings (SSSR count). The summed E-state index contributed by atoms with van der Waals surface area (Å²) in [5.41, 5.74) is 5.41. The molecule has 2 atom stereocenters. The summed E-state index contributed by atoms with van der Waals surface area (Å²) in [6.45, 7) is 6.94. The zero-order valence-corrected chi connectivity index (χ0v) is 23.7. The van der Waals surface area contributed by atoms with Gasteiger partial charge in [0.25, 0.3) is 0 Å². The number of carbonyl (C=O) groups is 2. The third-order valence-corrected chi connectivity index (χ3v) is 8.99. The van der Waals surface area contributed by atoms with Crippen LogP contribution in [0.2, 0.25) is 0 Å². The predicted octanol–water partition coefficient (Wildman–Crippen LogP) is 6.99. The summed E-state index contributed by atoms with van der Waals surface area (Å²) in [4.78, 5) is 33.7. The third-order valence-electron chi connectivity index (χ3n) is 7.99. The summed E-state index contributed by atoms with van der Waals surface area (Å²) < 4.78 is 0. The van der Waals surface area contributed by atoms with E-state index in [2.05, 4.69) is 37.4 Å². The highest BCUT2D eigenvalue weighted by Gasteiger charge is 2.37. The number of hydrogen-bond donors (Lipinski definition) is 0. The van der Waals surface area contributed by atoms with E-state index in [-0.39, 0.29) is 30.4 Å². The van der Waals surface area contributed by atoms with Crippen molar-refractivity contribution in [3.05, 3.63) is 129 Å². The van der Waals surface area contributed by atoms with Crippen molar-refractivity contribution in [2.45, 2.75) is 51.6 Å².